The summed E-state index contributed by atoms with van der Waals surface area (Å²) in [5, 5.41) is 0. The normalized spacial score (nSPS) is 14.0. The quantitative estimate of drug-likeness (QED) is 0.862. The smallest absolute Gasteiger partial charge is 0.329 e. The van der Waals surface area contributed by atoms with Crippen LogP contribution in [0.3, 0.4) is 0 Å². The van der Waals surface area contributed by atoms with Crippen molar-refractivity contribution in [1.29, 1.82) is 0 Å². The van der Waals surface area contributed by atoms with Crippen LogP contribution in [0.5, 0.6) is 0 Å². The molecule has 0 saturated carbocycles. The van der Waals surface area contributed by atoms with Crippen molar-refractivity contribution in [2.24, 2.45) is 5.73 Å². The van der Waals surface area contributed by atoms with Gasteiger partial charge in [0.2, 0.25) is 0 Å². The van der Waals surface area contributed by atoms with E-state index >= 15 is 0 Å². The van der Waals surface area contributed by atoms with Crippen LogP contribution in [0.2, 0.25) is 0 Å². The Kier molecular flexibility index (Phi) is 4.89. The number of nitrogens with zero attached hydrogens (tertiary/aromatic N) is 2. The van der Waals surface area contributed by atoms with Gasteiger partial charge in [0.25, 0.3) is 0 Å². The molecule has 1 aromatic heterocycles. The van der Waals surface area contributed by atoms with Crippen molar-refractivity contribution >= 4 is 0 Å². The van der Waals surface area contributed by atoms with E-state index in [0.29, 0.717) is 6.54 Å². The highest BCUT2D eigenvalue weighted by molar-refractivity contribution is 5.09. The fraction of sp³-hybridized carbons (Fsp3) is 0.545. The van der Waals surface area contributed by atoms with Crippen LogP contribution in [0, 0.1) is 0 Å². The van der Waals surface area contributed by atoms with Crippen LogP contribution in [0.15, 0.2) is 24.5 Å². The number of hydrogen-bond donors (Lipinski definition) is 1. The zero-order chi connectivity index (χ0) is 12.9. The fourth-order valence-corrected chi connectivity index (χ4v) is 1.65. The summed E-state index contributed by atoms with van der Waals surface area (Å²) < 4.78 is 38.2. The first kappa shape index (κ1) is 13.9. The zero-order valence-electron chi connectivity index (χ0n) is 9.61. The molecule has 2 N–H and O–H groups in total. The second kappa shape index (κ2) is 5.97. The lowest BCUT2D eigenvalue weighted by Crippen LogP contribution is -2.49. The van der Waals surface area contributed by atoms with Gasteiger partial charge in [0, 0.05) is 25.5 Å². The lowest BCUT2D eigenvalue weighted by molar-refractivity contribution is -0.182. The molecule has 0 aliphatic carbocycles. The average molecular weight is 247 g/mol. The topological polar surface area (TPSA) is 42.2 Å². The maximum atomic E-state index is 12.7. The molecule has 0 fully saturated rings. The largest absolute Gasteiger partial charge is 0.405 e. The lowest BCUT2D eigenvalue weighted by atomic mass is 10.2. The summed E-state index contributed by atoms with van der Waals surface area (Å²) in [7, 11) is 0. The van der Waals surface area contributed by atoms with Gasteiger partial charge in [-0.1, -0.05) is 6.92 Å². The van der Waals surface area contributed by atoms with Gasteiger partial charge in [0.1, 0.15) is 6.04 Å². The number of halogens is 3. The highest BCUT2D eigenvalue weighted by atomic mass is 19.4. The molecule has 17 heavy (non-hydrogen) atoms. The number of aromatic nitrogens is 1. The highest BCUT2D eigenvalue weighted by Gasteiger charge is 2.41. The molecule has 0 aliphatic rings. The third-order valence-electron chi connectivity index (χ3n) is 2.58. The van der Waals surface area contributed by atoms with E-state index in [0.717, 1.165) is 5.56 Å². The Labute approximate surface area is 98.4 Å². The van der Waals surface area contributed by atoms with Crippen LogP contribution >= 0.6 is 0 Å². The molecule has 3 nitrogen and oxygen atoms in total. The number of hydrogen-bond acceptors (Lipinski definition) is 3. The number of likely N-dealkylation sites (N-methyl/N-ethyl adjacent to an activating group) is 1. The summed E-state index contributed by atoms with van der Waals surface area (Å²) in [6, 6.07) is 1.81. The number of rotatable bonds is 5. The molecule has 1 rings (SSSR count). The molecule has 96 valence electrons. The van der Waals surface area contributed by atoms with Crippen molar-refractivity contribution < 1.29 is 13.2 Å². The van der Waals surface area contributed by atoms with Crippen molar-refractivity contribution in [2.45, 2.75) is 25.7 Å². The molecule has 6 heteroatoms. The van der Waals surface area contributed by atoms with Crippen LogP contribution in [0.1, 0.15) is 12.5 Å². The van der Waals surface area contributed by atoms with Gasteiger partial charge >= 0.3 is 6.18 Å². The predicted molar refractivity (Wildman–Crippen MR) is 59.2 cm³/mol. The van der Waals surface area contributed by atoms with Gasteiger partial charge in [-0.25, -0.2) is 0 Å². The van der Waals surface area contributed by atoms with E-state index < -0.39 is 18.8 Å². The summed E-state index contributed by atoms with van der Waals surface area (Å²) in [6.45, 7) is 1.78. The zero-order valence-corrected chi connectivity index (χ0v) is 9.61. The van der Waals surface area contributed by atoms with Crippen molar-refractivity contribution in [1.82, 2.24) is 9.88 Å². The Morgan fingerprint density at radius 2 is 1.94 bits per heavy atom. The molecule has 0 spiro atoms. The molecule has 1 aromatic rings. The standard InChI is InChI=1S/C11H16F3N3/c1-2-17(10(7-15)11(12,13)14)8-9-3-5-16-6-4-9/h3-6,10H,2,7-8,15H2,1H3. The Hall–Kier alpha value is -1.14. The van der Waals surface area contributed by atoms with Gasteiger partial charge in [-0.2, -0.15) is 13.2 Å². The molecule has 0 bridgehead atoms. The molecule has 1 heterocycles. The van der Waals surface area contributed by atoms with Gasteiger partial charge in [-0.3, -0.25) is 9.88 Å². The van der Waals surface area contributed by atoms with Crippen LogP contribution in [0.25, 0.3) is 0 Å². The molecular formula is C11H16F3N3. The van der Waals surface area contributed by atoms with Gasteiger partial charge in [-0.05, 0) is 24.2 Å². The molecule has 1 atom stereocenters. The first-order valence-corrected chi connectivity index (χ1v) is 5.38. The molecule has 0 amide bonds. The molecule has 0 saturated heterocycles. The van der Waals surface area contributed by atoms with Crippen molar-refractivity contribution in [2.75, 3.05) is 13.1 Å². The monoisotopic (exact) mass is 247 g/mol. The minimum Gasteiger partial charge on any atom is -0.329 e. The minimum absolute atomic E-state index is 0.223. The maximum absolute atomic E-state index is 12.7. The first-order valence-electron chi connectivity index (χ1n) is 5.38. The van der Waals surface area contributed by atoms with E-state index in [4.69, 9.17) is 5.73 Å². The maximum Gasteiger partial charge on any atom is 0.405 e. The summed E-state index contributed by atoms with van der Waals surface area (Å²) in [4.78, 5) is 5.14. The highest BCUT2D eigenvalue weighted by Crippen LogP contribution is 2.25. The van der Waals surface area contributed by atoms with Crippen LogP contribution < -0.4 is 5.73 Å². The van der Waals surface area contributed by atoms with Crippen LogP contribution in [0.4, 0.5) is 13.2 Å². The Morgan fingerprint density at radius 1 is 1.35 bits per heavy atom. The van der Waals surface area contributed by atoms with E-state index in [-0.39, 0.29) is 6.54 Å². The van der Waals surface area contributed by atoms with Gasteiger partial charge in [0.05, 0.1) is 0 Å². The van der Waals surface area contributed by atoms with E-state index in [1.807, 2.05) is 0 Å². The number of alkyl halides is 3. The lowest BCUT2D eigenvalue weighted by Gasteiger charge is -2.31. The molecular weight excluding hydrogens is 231 g/mol. The Balaban J connectivity index is 2.77. The van der Waals surface area contributed by atoms with Gasteiger partial charge in [-0.15, -0.1) is 0 Å². The molecule has 0 aliphatic heterocycles. The van der Waals surface area contributed by atoms with Gasteiger partial charge < -0.3 is 5.73 Å². The SMILES string of the molecule is CCN(Cc1ccncc1)C(CN)C(F)(F)F. The Bertz CT molecular complexity index is 326. The second-order valence-corrected chi connectivity index (χ2v) is 3.71. The number of nitrogens with two attached hydrogens (primary N) is 1. The Morgan fingerprint density at radius 3 is 2.35 bits per heavy atom. The van der Waals surface area contributed by atoms with Crippen LogP contribution in [-0.4, -0.2) is 35.2 Å². The van der Waals surface area contributed by atoms with Crippen molar-refractivity contribution in [3.63, 3.8) is 0 Å². The van der Waals surface area contributed by atoms with E-state index in [2.05, 4.69) is 4.98 Å². The molecule has 0 aromatic carbocycles. The fourth-order valence-electron chi connectivity index (χ4n) is 1.65. The predicted octanol–water partition coefficient (Wildman–Crippen LogP) is 1.79. The summed E-state index contributed by atoms with van der Waals surface area (Å²) in [6.07, 6.45) is -1.17. The summed E-state index contributed by atoms with van der Waals surface area (Å²) in [5.41, 5.74) is 6.01. The van der Waals surface area contributed by atoms with Crippen LogP contribution in [-0.2, 0) is 6.54 Å². The van der Waals surface area contributed by atoms with Crippen molar-refractivity contribution in [3.05, 3.63) is 30.1 Å². The summed E-state index contributed by atoms with van der Waals surface area (Å²) in [5.74, 6) is 0. The number of pyridine rings is 1. The second-order valence-electron chi connectivity index (χ2n) is 3.71. The van der Waals surface area contributed by atoms with Crippen molar-refractivity contribution in [3.8, 4) is 0 Å². The average Bonchev–Trinajstić information content (AvgIpc) is 2.28. The third-order valence-corrected chi connectivity index (χ3v) is 2.58. The van der Waals surface area contributed by atoms with E-state index in [1.54, 1.807) is 31.5 Å². The molecule has 0 radical (unpaired) electrons. The summed E-state index contributed by atoms with van der Waals surface area (Å²) >= 11 is 0. The van der Waals surface area contributed by atoms with E-state index in [1.165, 1.54) is 4.90 Å². The molecule has 1 unspecified atom stereocenters. The van der Waals surface area contributed by atoms with Gasteiger partial charge in [0.15, 0.2) is 0 Å². The first-order chi connectivity index (χ1) is 7.99. The van der Waals surface area contributed by atoms with E-state index in [9.17, 15) is 13.2 Å². The third kappa shape index (κ3) is 3.98. The minimum atomic E-state index is -4.29.